The summed E-state index contributed by atoms with van der Waals surface area (Å²) >= 11 is 0. The van der Waals surface area contributed by atoms with Crippen LogP contribution in [0, 0.1) is 23.2 Å². The summed E-state index contributed by atoms with van der Waals surface area (Å²) in [6.07, 6.45) is 14.8. The summed E-state index contributed by atoms with van der Waals surface area (Å²) < 4.78 is 0. The van der Waals surface area contributed by atoms with Gasteiger partial charge >= 0.3 is 0 Å². The highest BCUT2D eigenvalue weighted by atomic mass is 16.1. The Bertz CT molecular complexity index is 296. The number of Topliss-reactive ketones (excluding diaryl/α,β-unsaturated/α-hetero) is 1. The molecule has 0 N–H and O–H groups in total. The van der Waals surface area contributed by atoms with E-state index in [-0.39, 0.29) is 0 Å². The van der Waals surface area contributed by atoms with Gasteiger partial charge in [-0.3, -0.25) is 4.79 Å². The van der Waals surface area contributed by atoms with Crippen molar-refractivity contribution in [1.29, 1.82) is 0 Å². The van der Waals surface area contributed by atoms with Gasteiger partial charge in [0.25, 0.3) is 0 Å². The van der Waals surface area contributed by atoms with E-state index in [2.05, 4.69) is 0 Å². The third-order valence-electron chi connectivity index (χ3n) is 6.46. The minimum Gasteiger partial charge on any atom is -0.299 e. The first-order valence-electron chi connectivity index (χ1n) is 8.29. The second kappa shape index (κ2) is 4.98. The van der Waals surface area contributed by atoms with Crippen LogP contribution in [-0.2, 0) is 4.79 Å². The van der Waals surface area contributed by atoms with Crippen LogP contribution in [0.2, 0.25) is 0 Å². The predicted molar refractivity (Wildman–Crippen MR) is 74.4 cm³/mol. The lowest BCUT2D eigenvalue weighted by atomic mass is 9.48. The predicted octanol–water partition coefficient (Wildman–Crippen LogP) is 4.74. The number of rotatable bonds is 2. The quantitative estimate of drug-likeness (QED) is 0.689. The first kappa shape index (κ1) is 12.7. The highest BCUT2D eigenvalue weighted by Gasteiger charge is 2.51. The van der Waals surface area contributed by atoms with Crippen molar-refractivity contribution < 1.29 is 4.79 Å². The Balaban J connectivity index is 1.83. The van der Waals surface area contributed by atoms with Crippen LogP contribution in [0.4, 0.5) is 0 Å². The van der Waals surface area contributed by atoms with Gasteiger partial charge in [-0.1, -0.05) is 32.6 Å². The molecule has 3 fully saturated rings. The normalized spacial score (nSPS) is 43.9. The van der Waals surface area contributed by atoms with Crippen molar-refractivity contribution in [1.82, 2.24) is 0 Å². The Hall–Kier alpha value is -0.330. The third kappa shape index (κ3) is 1.94. The van der Waals surface area contributed by atoms with Gasteiger partial charge in [-0.05, 0) is 55.8 Å². The largest absolute Gasteiger partial charge is 0.299 e. The molecule has 0 amide bonds. The molecule has 1 spiro atoms. The molecule has 2 unspecified atom stereocenters. The smallest absolute Gasteiger partial charge is 0.135 e. The molecule has 0 heterocycles. The molecule has 3 rings (SSSR count). The molecule has 1 heteroatoms. The van der Waals surface area contributed by atoms with Crippen molar-refractivity contribution in [3.05, 3.63) is 0 Å². The Labute approximate surface area is 112 Å². The maximum Gasteiger partial charge on any atom is 0.135 e. The highest BCUT2D eigenvalue weighted by Crippen LogP contribution is 2.60. The Morgan fingerprint density at radius 2 is 1.56 bits per heavy atom. The van der Waals surface area contributed by atoms with Crippen molar-refractivity contribution in [2.45, 2.75) is 77.6 Å². The van der Waals surface area contributed by atoms with E-state index >= 15 is 0 Å². The van der Waals surface area contributed by atoms with E-state index < -0.39 is 0 Å². The van der Waals surface area contributed by atoms with Crippen LogP contribution < -0.4 is 0 Å². The van der Waals surface area contributed by atoms with Gasteiger partial charge < -0.3 is 0 Å². The molecular formula is C17H28O. The summed E-state index contributed by atoms with van der Waals surface area (Å²) in [5.74, 6) is 2.77. The minimum absolute atomic E-state index is 0.425. The minimum atomic E-state index is 0.425. The van der Waals surface area contributed by atoms with Gasteiger partial charge in [0.1, 0.15) is 5.78 Å². The zero-order valence-electron chi connectivity index (χ0n) is 11.9. The summed E-state index contributed by atoms with van der Waals surface area (Å²) in [5.41, 5.74) is 0.682. The number of hydrogen-bond donors (Lipinski definition) is 0. The molecule has 102 valence electrons. The number of carbonyl (C=O) groups is 1. The fourth-order valence-corrected chi connectivity index (χ4v) is 5.58. The Kier molecular flexibility index (Phi) is 3.51. The van der Waals surface area contributed by atoms with E-state index in [1.165, 1.54) is 64.2 Å². The molecule has 3 aliphatic carbocycles. The average Bonchev–Trinajstić information content (AvgIpc) is 2.43. The SMILES string of the molecule is CCC(=O)C1CC2CCCCC23CCCCC3C1. The van der Waals surface area contributed by atoms with Crippen LogP contribution in [0.25, 0.3) is 0 Å². The lowest BCUT2D eigenvalue weighted by Crippen LogP contribution is -2.48. The molecule has 1 nitrogen and oxygen atoms in total. The van der Waals surface area contributed by atoms with Crippen LogP contribution in [-0.4, -0.2) is 5.78 Å². The average molecular weight is 248 g/mol. The summed E-state index contributed by atoms with van der Waals surface area (Å²) in [6, 6.07) is 0. The molecule has 18 heavy (non-hydrogen) atoms. The van der Waals surface area contributed by atoms with E-state index in [0.29, 0.717) is 17.1 Å². The van der Waals surface area contributed by atoms with E-state index in [9.17, 15) is 4.79 Å². The summed E-state index contributed by atoms with van der Waals surface area (Å²) in [6.45, 7) is 2.05. The van der Waals surface area contributed by atoms with Gasteiger partial charge in [0, 0.05) is 12.3 Å². The van der Waals surface area contributed by atoms with Crippen LogP contribution in [0.3, 0.4) is 0 Å². The van der Waals surface area contributed by atoms with Gasteiger partial charge in [0.05, 0.1) is 0 Å². The van der Waals surface area contributed by atoms with Gasteiger partial charge in [0.15, 0.2) is 0 Å². The summed E-state index contributed by atoms with van der Waals surface area (Å²) in [7, 11) is 0. The number of ketones is 1. The first-order chi connectivity index (χ1) is 8.76. The second-order valence-corrected chi connectivity index (χ2v) is 7.11. The molecule has 3 aliphatic rings. The lowest BCUT2D eigenvalue weighted by molar-refractivity contribution is -0.131. The van der Waals surface area contributed by atoms with Crippen molar-refractivity contribution in [3.63, 3.8) is 0 Å². The third-order valence-corrected chi connectivity index (χ3v) is 6.46. The molecule has 0 bridgehead atoms. The second-order valence-electron chi connectivity index (χ2n) is 7.11. The van der Waals surface area contributed by atoms with Crippen LogP contribution in [0.5, 0.6) is 0 Å². The fraction of sp³-hybridized carbons (Fsp3) is 0.941. The number of carbonyl (C=O) groups excluding carboxylic acids is 1. The van der Waals surface area contributed by atoms with Gasteiger partial charge in [-0.2, -0.15) is 0 Å². The summed E-state index contributed by atoms with van der Waals surface area (Å²) in [5, 5.41) is 0. The molecule has 3 saturated carbocycles. The number of hydrogen-bond acceptors (Lipinski definition) is 1. The van der Waals surface area contributed by atoms with E-state index in [1.54, 1.807) is 0 Å². The van der Waals surface area contributed by atoms with Crippen LogP contribution in [0.15, 0.2) is 0 Å². The van der Waals surface area contributed by atoms with Gasteiger partial charge in [-0.15, -0.1) is 0 Å². The van der Waals surface area contributed by atoms with E-state index in [0.717, 1.165) is 18.3 Å². The van der Waals surface area contributed by atoms with E-state index in [4.69, 9.17) is 0 Å². The molecule has 0 aromatic carbocycles. The zero-order valence-corrected chi connectivity index (χ0v) is 11.9. The van der Waals surface area contributed by atoms with Crippen molar-refractivity contribution in [3.8, 4) is 0 Å². The highest BCUT2D eigenvalue weighted by molar-refractivity contribution is 5.80. The maximum absolute atomic E-state index is 12.1. The van der Waals surface area contributed by atoms with Crippen molar-refractivity contribution in [2.24, 2.45) is 23.2 Å². The Morgan fingerprint density at radius 3 is 2.06 bits per heavy atom. The molecule has 0 saturated heterocycles. The van der Waals surface area contributed by atoms with E-state index in [1.807, 2.05) is 6.92 Å². The van der Waals surface area contributed by atoms with Crippen molar-refractivity contribution >= 4 is 5.78 Å². The van der Waals surface area contributed by atoms with Crippen LogP contribution >= 0.6 is 0 Å². The molecular weight excluding hydrogens is 220 g/mol. The van der Waals surface area contributed by atoms with Crippen LogP contribution in [0.1, 0.15) is 77.6 Å². The molecule has 2 atom stereocenters. The topological polar surface area (TPSA) is 17.1 Å². The van der Waals surface area contributed by atoms with Gasteiger partial charge in [0.2, 0.25) is 0 Å². The molecule has 0 aromatic heterocycles. The Morgan fingerprint density at radius 1 is 1.00 bits per heavy atom. The van der Waals surface area contributed by atoms with Gasteiger partial charge in [-0.25, -0.2) is 0 Å². The molecule has 0 aliphatic heterocycles. The molecule has 0 radical (unpaired) electrons. The maximum atomic E-state index is 12.1. The lowest BCUT2D eigenvalue weighted by Gasteiger charge is -2.57. The standard InChI is InChI=1S/C17H28O/c1-2-16(18)13-11-14-7-3-5-9-17(14)10-6-4-8-15(17)12-13/h13-15H,2-12H2,1H3. The fourth-order valence-electron chi connectivity index (χ4n) is 5.58. The zero-order chi connectivity index (χ0) is 12.6. The molecule has 0 aromatic rings. The first-order valence-corrected chi connectivity index (χ1v) is 8.29. The monoisotopic (exact) mass is 248 g/mol. The summed E-state index contributed by atoms with van der Waals surface area (Å²) in [4.78, 5) is 12.1. The van der Waals surface area contributed by atoms with Crippen molar-refractivity contribution in [2.75, 3.05) is 0 Å².